The van der Waals surface area contributed by atoms with Crippen molar-refractivity contribution in [1.82, 2.24) is 0 Å². The highest BCUT2D eigenvalue weighted by Crippen LogP contribution is 2.22. The Bertz CT molecular complexity index is 624. The summed E-state index contributed by atoms with van der Waals surface area (Å²) in [6.45, 7) is 2.08. The van der Waals surface area contributed by atoms with Crippen LogP contribution in [0.1, 0.15) is 22.8 Å². The van der Waals surface area contributed by atoms with E-state index in [1.54, 1.807) is 19.2 Å². The smallest absolute Gasteiger partial charge is 0.161 e. The number of carbonyl (C=O) groups excluding carboxylic acids is 1. The molecule has 0 aliphatic rings. The molecule has 0 saturated carbocycles. The van der Waals surface area contributed by atoms with Gasteiger partial charge in [0.05, 0.1) is 6.61 Å². The number of Topliss-reactive ketones (excluding diaryl/α,β-unsaturated/α-hetero) is 1. The third-order valence-electron chi connectivity index (χ3n) is 2.96. The second-order valence-electron chi connectivity index (χ2n) is 4.62. The number of ether oxygens (including phenoxy) is 1. The predicted octanol–water partition coefficient (Wildman–Crippen LogP) is 3.36. The molecule has 0 amide bonds. The molecule has 0 aliphatic heterocycles. The highest BCUT2D eigenvalue weighted by atomic mass is 16.5. The Morgan fingerprint density at radius 1 is 1.20 bits per heavy atom. The summed E-state index contributed by atoms with van der Waals surface area (Å²) in [6.07, 6.45) is 0. The van der Waals surface area contributed by atoms with Gasteiger partial charge in [-0.1, -0.05) is 12.1 Å². The molecule has 2 rings (SSSR count). The molecule has 4 nitrogen and oxygen atoms in total. The van der Waals surface area contributed by atoms with Crippen molar-refractivity contribution in [2.75, 3.05) is 18.2 Å². The van der Waals surface area contributed by atoms with Crippen LogP contribution in [0.4, 0.5) is 17.1 Å². The fourth-order valence-electron chi connectivity index (χ4n) is 2.03. The van der Waals surface area contributed by atoms with Crippen LogP contribution in [0.25, 0.3) is 0 Å². The lowest BCUT2D eigenvalue weighted by molar-refractivity contribution is 0.101. The Kier molecular flexibility index (Phi) is 4.38. The first-order valence-corrected chi connectivity index (χ1v) is 6.35. The molecule has 0 aliphatic carbocycles. The third-order valence-corrected chi connectivity index (χ3v) is 2.96. The molecule has 0 radical (unpaired) electrons. The Morgan fingerprint density at radius 3 is 2.60 bits per heavy atom. The van der Waals surface area contributed by atoms with Crippen LogP contribution < -0.4 is 11.1 Å². The van der Waals surface area contributed by atoms with Crippen molar-refractivity contribution in [2.24, 2.45) is 0 Å². The lowest BCUT2D eigenvalue weighted by atomic mass is 10.1. The summed E-state index contributed by atoms with van der Waals surface area (Å²) in [6, 6.07) is 13.3. The van der Waals surface area contributed by atoms with Crippen molar-refractivity contribution in [2.45, 2.75) is 13.5 Å². The summed E-state index contributed by atoms with van der Waals surface area (Å²) in [5, 5.41) is 3.26. The zero-order valence-corrected chi connectivity index (χ0v) is 11.6. The van der Waals surface area contributed by atoms with Gasteiger partial charge in [-0.15, -0.1) is 0 Å². The van der Waals surface area contributed by atoms with Crippen LogP contribution in [-0.2, 0) is 11.3 Å². The van der Waals surface area contributed by atoms with Crippen LogP contribution in [0, 0.1) is 0 Å². The largest absolute Gasteiger partial charge is 0.398 e. The van der Waals surface area contributed by atoms with Gasteiger partial charge >= 0.3 is 0 Å². The van der Waals surface area contributed by atoms with Gasteiger partial charge in [-0.25, -0.2) is 0 Å². The molecule has 2 aromatic rings. The molecule has 0 heterocycles. The quantitative estimate of drug-likeness (QED) is 0.646. The van der Waals surface area contributed by atoms with Gasteiger partial charge in [-0.2, -0.15) is 0 Å². The van der Waals surface area contributed by atoms with Gasteiger partial charge < -0.3 is 15.8 Å². The van der Waals surface area contributed by atoms with Gasteiger partial charge in [-0.3, -0.25) is 4.79 Å². The SMILES string of the molecule is COCc1cccc(Nc2ccc(C(C)=O)c(N)c2)c1. The number of nitrogens with one attached hydrogen (secondary N) is 1. The van der Waals surface area contributed by atoms with Crippen LogP contribution in [-0.4, -0.2) is 12.9 Å². The summed E-state index contributed by atoms with van der Waals surface area (Å²) < 4.78 is 5.11. The molecule has 20 heavy (non-hydrogen) atoms. The maximum atomic E-state index is 11.3. The Hall–Kier alpha value is -2.33. The number of hydrogen-bond acceptors (Lipinski definition) is 4. The molecule has 104 valence electrons. The number of nitrogen functional groups attached to an aromatic ring is 1. The van der Waals surface area contributed by atoms with Gasteiger partial charge in [0.1, 0.15) is 0 Å². The lowest BCUT2D eigenvalue weighted by Crippen LogP contribution is -2.01. The summed E-state index contributed by atoms with van der Waals surface area (Å²) in [7, 11) is 1.67. The lowest BCUT2D eigenvalue weighted by Gasteiger charge is -2.10. The zero-order valence-electron chi connectivity index (χ0n) is 11.6. The van der Waals surface area contributed by atoms with Crippen molar-refractivity contribution in [3.05, 3.63) is 53.6 Å². The number of carbonyl (C=O) groups is 1. The first-order valence-electron chi connectivity index (χ1n) is 6.35. The Labute approximate surface area is 118 Å². The molecular formula is C16H18N2O2. The van der Waals surface area contributed by atoms with Crippen molar-refractivity contribution in [3.63, 3.8) is 0 Å². The average molecular weight is 270 g/mol. The van der Waals surface area contributed by atoms with Crippen LogP contribution in [0.2, 0.25) is 0 Å². The average Bonchev–Trinajstić information content (AvgIpc) is 2.39. The number of anilines is 3. The highest BCUT2D eigenvalue weighted by Gasteiger charge is 2.05. The van der Waals surface area contributed by atoms with E-state index in [-0.39, 0.29) is 5.78 Å². The van der Waals surface area contributed by atoms with Gasteiger partial charge in [0.2, 0.25) is 0 Å². The maximum absolute atomic E-state index is 11.3. The fraction of sp³-hybridized carbons (Fsp3) is 0.188. The summed E-state index contributed by atoms with van der Waals surface area (Å²) >= 11 is 0. The standard InChI is InChI=1S/C16H18N2O2/c1-11(19)15-7-6-14(9-16(15)17)18-13-5-3-4-12(8-13)10-20-2/h3-9,18H,10,17H2,1-2H3. The number of hydrogen-bond donors (Lipinski definition) is 2. The Morgan fingerprint density at radius 2 is 1.95 bits per heavy atom. The van der Waals surface area contributed by atoms with Crippen LogP contribution in [0.3, 0.4) is 0 Å². The van der Waals surface area contributed by atoms with Crippen LogP contribution in [0.15, 0.2) is 42.5 Å². The number of methoxy groups -OCH3 is 1. The van der Waals surface area contributed by atoms with Crippen LogP contribution in [0.5, 0.6) is 0 Å². The van der Waals surface area contributed by atoms with Gasteiger partial charge in [0.25, 0.3) is 0 Å². The highest BCUT2D eigenvalue weighted by molar-refractivity contribution is 5.99. The second kappa shape index (κ2) is 6.21. The number of benzene rings is 2. The molecular weight excluding hydrogens is 252 g/mol. The molecule has 3 N–H and O–H groups in total. The van der Waals surface area contributed by atoms with E-state index in [9.17, 15) is 4.79 Å². The fourth-order valence-corrected chi connectivity index (χ4v) is 2.03. The molecule has 0 spiro atoms. The predicted molar refractivity (Wildman–Crippen MR) is 81.3 cm³/mol. The Balaban J connectivity index is 2.19. The van der Waals surface area contributed by atoms with E-state index in [2.05, 4.69) is 5.32 Å². The van der Waals surface area contributed by atoms with E-state index in [0.717, 1.165) is 16.9 Å². The van der Waals surface area contributed by atoms with Crippen LogP contribution >= 0.6 is 0 Å². The molecule has 0 aromatic heterocycles. The first-order chi connectivity index (χ1) is 9.60. The van der Waals surface area contributed by atoms with E-state index >= 15 is 0 Å². The minimum absolute atomic E-state index is 0.0314. The van der Waals surface area contributed by atoms with Crippen molar-refractivity contribution < 1.29 is 9.53 Å². The van der Waals surface area contributed by atoms with E-state index < -0.39 is 0 Å². The van der Waals surface area contributed by atoms with Gasteiger partial charge in [0.15, 0.2) is 5.78 Å². The zero-order chi connectivity index (χ0) is 14.5. The second-order valence-corrected chi connectivity index (χ2v) is 4.62. The van der Waals surface area contributed by atoms with Crippen molar-refractivity contribution in [1.29, 1.82) is 0 Å². The summed E-state index contributed by atoms with van der Waals surface area (Å²) in [5.41, 5.74) is 9.79. The van der Waals surface area contributed by atoms with E-state index in [1.165, 1.54) is 6.92 Å². The summed E-state index contributed by atoms with van der Waals surface area (Å²) in [4.78, 5) is 11.3. The number of rotatable bonds is 5. The van der Waals surface area contributed by atoms with E-state index in [0.29, 0.717) is 17.9 Å². The molecule has 0 saturated heterocycles. The van der Waals surface area contributed by atoms with E-state index in [1.807, 2.05) is 30.3 Å². The molecule has 0 atom stereocenters. The van der Waals surface area contributed by atoms with Gasteiger partial charge in [0, 0.05) is 29.7 Å². The topological polar surface area (TPSA) is 64.3 Å². The molecule has 0 bridgehead atoms. The van der Waals surface area contributed by atoms with E-state index in [4.69, 9.17) is 10.5 Å². The molecule has 0 fully saturated rings. The normalized spacial score (nSPS) is 10.3. The minimum atomic E-state index is -0.0314. The van der Waals surface area contributed by atoms with Crippen molar-refractivity contribution >= 4 is 22.8 Å². The minimum Gasteiger partial charge on any atom is -0.398 e. The third kappa shape index (κ3) is 3.36. The van der Waals surface area contributed by atoms with Gasteiger partial charge in [-0.05, 0) is 42.8 Å². The number of nitrogens with two attached hydrogens (primary N) is 1. The molecule has 0 unspecified atom stereocenters. The molecule has 4 heteroatoms. The monoisotopic (exact) mass is 270 g/mol. The molecule has 2 aromatic carbocycles. The summed E-state index contributed by atoms with van der Waals surface area (Å²) in [5.74, 6) is -0.0314. The first kappa shape index (κ1) is 14.1. The maximum Gasteiger partial charge on any atom is 0.161 e. The number of ketones is 1. The van der Waals surface area contributed by atoms with Crippen molar-refractivity contribution in [3.8, 4) is 0 Å².